The molecular weight excluding hydrogens is 386 g/mol. The Morgan fingerprint density at radius 3 is 2.60 bits per heavy atom. The summed E-state index contributed by atoms with van der Waals surface area (Å²) in [5, 5.41) is 2.84. The topological polar surface area (TPSA) is 88.2 Å². The highest BCUT2D eigenvalue weighted by molar-refractivity contribution is 5.88. The smallest absolute Gasteiger partial charge is 0.245 e. The van der Waals surface area contributed by atoms with Crippen molar-refractivity contribution in [2.45, 2.75) is 32.2 Å². The molecule has 2 atom stereocenters. The summed E-state index contributed by atoms with van der Waals surface area (Å²) in [5.41, 5.74) is 0. The van der Waals surface area contributed by atoms with E-state index in [4.69, 9.17) is 9.47 Å². The largest absolute Gasteiger partial charge is 0.493 e. The van der Waals surface area contributed by atoms with E-state index in [-0.39, 0.29) is 30.1 Å². The van der Waals surface area contributed by atoms with E-state index in [1.54, 1.807) is 16.7 Å². The molecule has 1 aromatic carbocycles. The molecule has 8 nitrogen and oxygen atoms in total. The number of piperidine rings is 1. The van der Waals surface area contributed by atoms with Gasteiger partial charge in [-0.05, 0) is 31.9 Å². The Morgan fingerprint density at radius 2 is 1.87 bits per heavy atom. The van der Waals surface area contributed by atoms with Gasteiger partial charge in [-0.2, -0.15) is 0 Å². The predicted octanol–water partition coefficient (Wildman–Crippen LogP) is 1.06. The molecule has 0 aliphatic carbocycles. The van der Waals surface area contributed by atoms with Crippen LogP contribution in [0, 0.1) is 5.92 Å². The number of carbonyl (C=O) groups excluding carboxylic acids is 3. The van der Waals surface area contributed by atoms with Crippen molar-refractivity contribution < 1.29 is 23.9 Å². The van der Waals surface area contributed by atoms with Crippen LogP contribution in [0.15, 0.2) is 30.3 Å². The molecule has 1 N–H and O–H groups in total. The van der Waals surface area contributed by atoms with Gasteiger partial charge in [-0.15, -0.1) is 0 Å². The minimum Gasteiger partial charge on any atom is -0.493 e. The van der Waals surface area contributed by atoms with Gasteiger partial charge in [-0.3, -0.25) is 14.4 Å². The molecule has 0 radical (unpaired) electrons. The normalized spacial score (nSPS) is 20.4. The second-order valence-corrected chi connectivity index (χ2v) is 7.76. The highest BCUT2D eigenvalue weighted by Gasteiger charge is 2.31. The SMILES string of the molecule is CC(NC(=O)C1CCCN(C(=O)CCOc2ccccc2)C1)C(=O)N1CCOCC1. The Labute approximate surface area is 177 Å². The zero-order chi connectivity index (χ0) is 21.3. The fourth-order valence-corrected chi connectivity index (χ4v) is 3.80. The van der Waals surface area contributed by atoms with Crippen molar-refractivity contribution in [2.24, 2.45) is 5.92 Å². The van der Waals surface area contributed by atoms with Crippen LogP contribution in [-0.4, -0.2) is 79.6 Å². The monoisotopic (exact) mass is 417 g/mol. The van der Waals surface area contributed by atoms with E-state index in [0.717, 1.165) is 12.2 Å². The zero-order valence-corrected chi connectivity index (χ0v) is 17.5. The fraction of sp³-hybridized carbons (Fsp3) is 0.591. The molecule has 2 heterocycles. The Hall–Kier alpha value is -2.61. The molecule has 2 aliphatic heterocycles. The average molecular weight is 418 g/mol. The lowest BCUT2D eigenvalue weighted by Crippen LogP contribution is -2.53. The number of hydrogen-bond donors (Lipinski definition) is 1. The lowest BCUT2D eigenvalue weighted by molar-refractivity contribution is -0.141. The van der Waals surface area contributed by atoms with E-state index < -0.39 is 6.04 Å². The fourth-order valence-electron chi connectivity index (χ4n) is 3.80. The van der Waals surface area contributed by atoms with Crippen LogP contribution in [0.3, 0.4) is 0 Å². The lowest BCUT2D eigenvalue weighted by Gasteiger charge is -2.33. The van der Waals surface area contributed by atoms with Crippen LogP contribution in [0.4, 0.5) is 0 Å². The van der Waals surface area contributed by atoms with Crippen LogP contribution in [0.25, 0.3) is 0 Å². The molecule has 0 spiro atoms. The molecule has 2 aliphatic rings. The molecule has 2 fully saturated rings. The van der Waals surface area contributed by atoms with Gasteiger partial charge in [0.1, 0.15) is 11.8 Å². The first-order valence-corrected chi connectivity index (χ1v) is 10.7. The van der Waals surface area contributed by atoms with Gasteiger partial charge in [0.25, 0.3) is 0 Å². The van der Waals surface area contributed by atoms with Crippen molar-refractivity contribution in [2.75, 3.05) is 46.0 Å². The number of morpholine rings is 1. The van der Waals surface area contributed by atoms with Crippen LogP contribution < -0.4 is 10.1 Å². The maximum Gasteiger partial charge on any atom is 0.245 e. The van der Waals surface area contributed by atoms with Crippen molar-refractivity contribution in [1.29, 1.82) is 0 Å². The predicted molar refractivity (Wildman–Crippen MR) is 111 cm³/mol. The van der Waals surface area contributed by atoms with Crippen molar-refractivity contribution in [1.82, 2.24) is 15.1 Å². The van der Waals surface area contributed by atoms with Crippen molar-refractivity contribution in [3.05, 3.63) is 30.3 Å². The van der Waals surface area contributed by atoms with Crippen molar-refractivity contribution in [3.63, 3.8) is 0 Å². The van der Waals surface area contributed by atoms with Gasteiger partial charge >= 0.3 is 0 Å². The number of carbonyl (C=O) groups is 3. The van der Waals surface area contributed by atoms with Gasteiger partial charge in [0, 0.05) is 26.2 Å². The highest BCUT2D eigenvalue weighted by atomic mass is 16.5. The highest BCUT2D eigenvalue weighted by Crippen LogP contribution is 2.18. The second kappa shape index (κ2) is 11.0. The molecule has 3 rings (SSSR count). The molecular formula is C22H31N3O5. The first kappa shape index (κ1) is 22.1. The molecule has 3 amide bonds. The van der Waals surface area contributed by atoms with E-state index in [2.05, 4.69) is 5.32 Å². The summed E-state index contributed by atoms with van der Waals surface area (Å²) in [4.78, 5) is 41.2. The van der Waals surface area contributed by atoms with Gasteiger partial charge in [0.15, 0.2) is 0 Å². The summed E-state index contributed by atoms with van der Waals surface area (Å²) in [6.07, 6.45) is 1.76. The van der Waals surface area contributed by atoms with E-state index in [1.165, 1.54) is 0 Å². The van der Waals surface area contributed by atoms with E-state index in [0.29, 0.717) is 52.4 Å². The number of para-hydroxylation sites is 1. The van der Waals surface area contributed by atoms with Gasteiger partial charge < -0.3 is 24.6 Å². The number of ether oxygens (including phenoxy) is 2. The Kier molecular flexibility index (Phi) is 8.07. The van der Waals surface area contributed by atoms with Crippen LogP contribution in [0.2, 0.25) is 0 Å². The summed E-state index contributed by atoms with van der Waals surface area (Å²) in [5.74, 6) is 0.175. The number of benzene rings is 1. The molecule has 30 heavy (non-hydrogen) atoms. The van der Waals surface area contributed by atoms with Crippen molar-refractivity contribution in [3.8, 4) is 5.75 Å². The summed E-state index contributed by atoms with van der Waals surface area (Å²) in [6, 6.07) is 8.80. The maximum absolute atomic E-state index is 12.7. The van der Waals surface area contributed by atoms with E-state index in [1.807, 2.05) is 30.3 Å². The van der Waals surface area contributed by atoms with Gasteiger partial charge in [0.05, 0.1) is 32.2 Å². The van der Waals surface area contributed by atoms with E-state index in [9.17, 15) is 14.4 Å². The zero-order valence-electron chi connectivity index (χ0n) is 17.5. The number of nitrogens with one attached hydrogen (secondary N) is 1. The standard InChI is InChI=1S/C22H31N3O5/c1-17(22(28)24-11-14-29-15-12-24)23-21(27)18-6-5-10-25(16-18)20(26)9-13-30-19-7-3-2-4-8-19/h2-4,7-8,17-18H,5-6,9-16H2,1H3,(H,23,27). The molecule has 8 heteroatoms. The Balaban J connectivity index is 1.43. The quantitative estimate of drug-likeness (QED) is 0.717. The third-order valence-corrected chi connectivity index (χ3v) is 5.52. The van der Waals surface area contributed by atoms with Gasteiger partial charge in [0.2, 0.25) is 17.7 Å². The minimum atomic E-state index is -0.582. The minimum absolute atomic E-state index is 0.0131. The van der Waals surface area contributed by atoms with Gasteiger partial charge in [-0.25, -0.2) is 0 Å². The first-order chi connectivity index (χ1) is 14.5. The molecule has 2 saturated heterocycles. The molecule has 0 bridgehead atoms. The number of nitrogens with zero attached hydrogens (tertiary/aromatic N) is 2. The van der Waals surface area contributed by atoms with Crippen LogP contribution in [0.5, 0.6) is 5.75 Å². The van der Waals surface area contributed by atoms with Gasteiger partial charge in [-0.1, -0.05) is 18.2 Å². The molecule has 1 aromatic rings. The Bertz CT molecular complexity index is 721. The summed E-state index contributed by atoms with van der Waals surface area (Å²) in [7, 11) is 0. The molecule has 2 unspecified atom stereocenters. The molecule has 0 aromatic heterocycles. The van der Waals surface area contributed by atoms with Crippen LogP contribution in [-0.2, 0) is 19.1 Å². The maximum atomic E-state index is 12.7. The Morgan fingerprint density at radius 1 is 1.13 bits per heavy atom. The molecule has 0 saturated carbocycles. The third kappa shape index (κ3) is 6.19. The average Bonchev–Trinajstić information content (AvgIpc) is 2.79. The summed E-state index contributed by atoms with van der Waals surface area (Å²) < 4.78 is 10.9. The van der Waals surface area contributed by atoms with Crippen LogP contribution >= 0.6 is 0 Å². The number of hydrogen-bond acceptors (Lipinski definition) is 5. The second-order valence-electron chi connectivity index (χ2n) is 7.76. The number of amides is 3. The number of rotatable bonds is 7. The lowest BCUT2D eigenvalue weighted by atomic mass is 9.96. The first-order valence-electron chi connectivity index (χ1n) is 10.7. The summed E-state index contributed by atoms with van der Waals surface area (Å²) in [6.45, 7) is 5.21. The number of likely N-dealkylation sites (tertiary alicyclic amines) is 1. The van der Waals surface area contributed by atoms with Crippen LogP contribution in [0.1, 0.15) is 26.2 Å². The van der Waals surface area contributed by atoms with Crippen molar-refractivity contribution >= 4 is 17.7 Å². The van der Waals surface area contributed by atoms with E-state index >= 15 is 0 Å². The third-order valence-electron chi connectivity index (χ3n) is 5.52. The molecule has 164 valence electrons. The summed E-state index contributed by atoms with van der Waals surface area (Å²) >= 11 is 0.